The van der Waals surface area contributed by atoms with Crippen LogP contribution in [-0.2, 0) is 32.1 Å². The van der Waals surface area contributed by atoms with Gasteiger partial charge in [0, 0.05) is 9.99 Å². The van der Waals surface area contributed by atoms with Crippen molar-refractivity contribution in [3.63, 3.8) is 0 Å². The predicted octanol–water partition coefficient (Wildman–Crippen LogP) is 2.71. The maximum Gasteiger partial charge on any atom is 0.328 e. The summed E-state index contributed by atoms with van der Waals surface area (Å²) in [5.41, 5.74) is 1.93. The van der Waals surface area contributed by atoms with Crippen LogP contribution in [0.1, 0.15) is 11.1 Å². The minimum atomic E-state index is -0.738. The topological polar surface area (TPSA) is 64.6 Å². The number of carbonyl (C=O) groups excluding carboxylic acids is 2. The Morgan fingerprint density at radius 2 is 1.72 bits per heavy atom. The van der Waals surface area contributed by atoms with E-state index in [1.807, 2.05) is 54.6 Å². The van der Waals surface area contributed by atoms with Crippen LogP contribution in [0.5, 0.6) is 0 Å². The van der Waals surface area contributed by atoms with Crippen LogP contribution in [0.3, 0.4) is 0 Å². The third-order valence-corrected chi connectivity index (χ3v) is 4.24. The third-order valence-electron chi connectivity index (χ3n) is 3.52. The van der Waals surface area contributed by atoms with Gasteiger partial charge in [0.1, 0.15) is 12.6 Å². The molecule has 2 aromatic carbocycles. The van der Waals surface area contributed by atoms with Crippen molar-refractivity contribution < 1.29 is 19.1 Å². The summed E-state index contributed by atoms with van der Waals surface area (Å²) in [6.45, 7) is 0.226. The minimum Gasteiger partial charge on any atom is -0.467 e. The van der Waals surface area contributed by atoms with Crippen LogP contribution in [0.25, 0.3) is 0 Å². The first kappa shape index (κ1) is 19.4. The van der Waals surface area contributed by atoms with Crippen LogP contribution in [0.15, 0.2) is 54.6 Å². The Kier molecular flexibility index (Phi) is 7.87. The van der Waals surface area contributed by atoms with Gasteiger partial charge in [-0.1, -0.05) is 42.5 Å². The van der Waals surface area contributed by atoms with E-state index in [1.165, 1.54) is 7.11 Å². The van der Waals surface area contributed by atoms with E-state index >= 15 is 0 Å². The molecular formula is C19H20INO4. The molecule has 0 radical (unpaired) electrons. The van der Waals surface area contributed by atoms with E-state index in [4.69, 9.17) is 9.47 Å². The van der Waals surface area contributed by atoms with E-state index in [0.717, 1.165) is 14.7 Å². The maximum atomic E-state index is 12.1. The zero-order valence-electron chi connectivity index (χ0n) is 13.9. The monoisotopic (exact) mass is 453 g/mol. The lowest BCUT2D eigenvalue weighted by molar-refractivity contribution is -0.145. The molecule has 0 fully saturated rings. The summed E-state index contributed by atoms with van der Waals surface area (Å²) in [5.74, 6) is -0.827. The van der Waals surface area contributed by atoms with Crippen molar-refractivity contribution in [2.45, 2.75) is 19.1 Å². The SMILES string of the molecule is COC(=O)[C@H](Cc1ccc(I)cc1)NC(=O)COCc1ccccc1. The van der Waals surface area contributed by atoms with E-state index in [-0.39, 0.29) is 12.5 Å². The lowest BCUT2D eigenvalue weighted by Crippen LogP contribution is -2.44. The normalized spacial score (nSPS) is 11.6. The summed E-state index contributed by atoms with van der Waals surface area (Å²) in [4.78, 5) is 24.0. The molecule has 0 aliphatic carbocycles. The van der Waals surface area contributed by atoms with Crippen LogP contribution in [-0.4, -0.2) is 31.6 Å². The number of hydrogen-bond acceptors (Lipinski definition) is 4. The quantitative estimate of drug-likeness (QED) is 0.493. The van der Waals surface area contributed by atoms with Crippen LogP contribution in [0.2, 0.25) is 0 Å². The molecule has 0 bridgehead atoms. The molecule has 2 rings (SSSR count). The van der Waals surface area contributed by atoms with E-state index < -0.39 is 12.0 Å². The Morgan fingerprint density at radius 3 is 2.36 bits per heavy atom. The van der Waals surface area contributed by atoms with Gasteiger partial charge in [-0.2, -0.15) is 0 Å². The van der Waals surface area contributed by atoms with Gasteiger partial charge in [0.2, 0.25) is 5.91 Å². The van der Waals surface area contributed by atoms with E-state index in [9.17, 15) is 9.59 Å². The molecule has 25 heavy (non-hydrogen) atoms. The van der Waals surface area contributed by atoms with Gasteiger partial charge < -0.3 is 14.8 Å². The van der Waals surface area contributed by atoms with Crippen molar-refractivity contribution in [1.82, 2.24) is 5.32 Å². The molecule has 0 unspecified atom stereocenters. The highest BCUT2D eigenvalue weighted by molar-refractivity contribution is 14.1. The highest BCUT2D eigenvalue weighted by atomic mass is 127. The van der Waals surface area contributed by atoms with Crippen LogP contribution < -0.4 is 5.32 Å². The first-order valence-electron chi connectivity index (χ1n) is 7.82. The fourth-order valence-corrected chi connectivity index (χ4v) is 2.62. The molecule has 0 aliphatic heterocycles. The molecule has 1 N–H and O–H groups in total. The number of halogens is 1. The molecular weight excluding hydrogens is 433 g/mol. The first-order valence-corrected chi connectivity index (χ1v) is 8.89. The van der Waals surface area contributed by atoms with E-state index in [0.29, 0.717) is 13.0 Å². The van der Waals surface area contributed by atoms with Crippen molar-refractivity contribution in [2.75, 3.05) is 13.7 Å². The molecule has 0 aliphatic rings. The van der Waals surface area contributed by atoms with Gasteiger partial charge in [-0.15, -0.1) is 0 Å². The number of rotatable bonds is 8. The number of methoxy groups -OCH3 is 1. The Hall–Kier alpha value is -1.93. The van der Waals surface area contributed by atoms with Crippen molar-refractivity contribution in [3.05, 3.63) is 69.3 Å². The predicted molar refractivity (Wildman–Crippen MR) is 103 cm³/mol. The highest BCUT2D eigenvalue weighted by Crippen LogP contribution is 2.09. The summed E-state index contributed by atoms with van der Waals surface area (Å²) in [6, 6.07) is 16.6. The summed E-state index contributed by atoms with van der Waals surface area (Å²) in [6.07, 6.45) is 0.369. The largest absolute Gasteiger partial charge is 0.467 e. The summed E-state index contributed by atoms with van der Waals surface area (Å²) >= 11 is 2.21. The molecule has 0 spiro atoms. The van der Waals surface area contributed by atoms with Gasteiger partial charge in [-0.05, 0) is 45.9 Å². The van der Waals surface area contributed by atoms with Gasteiger partial charge in [0.15, 0.2) is 0 Å². The van der Waals surface area contributed by atoms with Gasteiger partial charge in [-0.25, -0.2) is 4.79 Å². The highest BCUT2D eigenvalue weighted by Gasteiger charge is 2.22. The molecule has 0 saturated heterocycles. The van der Waals surface area contributed by atoms with Gasteiger partial charge in [0.05, 0.1) is 13.7 Å². The Balaban J connectivity index is 1.86. The van der Waals surface area contributed by atoms with Gasteiger partial charge >= 0.3 is 5.97 Å². The molecule has 132 valence electrons. The molecule has 2 aromatic rings. The average Bonchev–Trinajstić information content (AvgIpc) is 2.63. The second kappa shape index (κ2) is 10.1. The molecule has 1 amide bonds. The van der Waals surface area contributed by atoms with Crippen LogP contribution >= 0.6 is 22.6 Å². The van der Waals surface area contributed by atoms with Gasteiger partial charge in [-0.3, -0.25) is 4.79 Å². The smallest absolute Gasteiger partial charge is 0.328 e. The Bertz CT molecular complexity index is 688. The van der Waals surface area contributed by atoms with Crippen molar-refractivity contribution in [1.29, 1.82) is 0 Å². The number of ether oxygens (including phenoxy) is 2. The summed E-state index contributed by atoms with van der Waals surface area (Å²) in [5, 5.41) is 2.68. The molecule has 0 heterocycles. The van der Waals surface area contributed by atoms with Crippen molar-refractivity contribution in [2.24, 2.45) is 0 Å². The Morgan fingerprint density at radius 1 is 1.04 bits per heavy atom. The third kappa shape index (κ3) is 6.83. The van der Waals surface area contributed by atoms with Crippen LogP contribution in [0.4, 0.5) is 0 Å². The fraction of sp³-hybridized carbons (Fsp3) is 0.263. The average molecular weight is 453 g/mol. The number of amides is 1. The summed E-state index contributed by atoms with van der Waals surface area (Å²) < 4.78 is 11.3. The second-order valence-electron chi connectivity index (χ2n) is 5.45. The minimum absolute atomic E-state index is 0.116. The Labute approximate surface area is 160 Å². The number of benzene rings is 2. The van der Waals surface area contributed by atoms with Crippen molar-refractivity contribution in [3.8, 4) is 0 Å². The van der Waals surface area contributed by atoms with E-state index in [1.54, 1.807) is 0 Å². The zero-order valence-corrected chi connectivity index (χ0v) is 16.1. The van der Waals surface area contributed by atoms with Crippen molar-refractivity contribution >= 4 is 34.5 Å². The number of carbonyl (C=O) groups is 2. The molecule has 0 aromatic heterocycles. The number of nitrogens with one attached hydrogen (secondary N) is 1. The second-order valence-corrected chi connectivity index (χ2v) is 6.70. The molecule has 0 saturated carbocycles. The standard InChI is InChI=1S/C19H20INO4/c1-24-19(23)17(11-14-7-9-16(20)10-8-14)21-18(22)13-25-12-15-5-3-2-4-6-15/h2-10,17H,11-13H2,1H3,(H,21,22)/t17-/m0/s1. The fourth-order valence-electron chi connectivity index (χ4n) is 2.26. The zero-order chi connectivity index (χ0) is 18.1. The van der Waals surface area contributed by atoms with E-state index in [2.05, 4.69) is 27.9 Å². The lowest BCUT2D eigenvalue weighted by Gasteiger charge is -2.17. The van der Waals surface area contributed by atoms with Crippen LogP contribution in [0, 0.1) is 3.57 Å². The molecule has 6 heteroatoms. The lowest BCUT2D eigenvalue weighted by atomic mass is 10.1. The number of esters is 1. The first-order chi connectivity index (χ1) is 12.1. The summed E-state index contributed by atoms with van der Waals surface area (Å²) in [7, 11) is 1.31. The van der Waals surface area contributed by atoms with Gasteiger partial charge in [0.25, 0.3) is 0 Å². The molecule has 5 nitrogen and oxygen atoms in total. The number of hydrogen-bond donors (Lipinski definition) is 1. The molecule has 1 atom stereocenters. The maximum absolute atomic E-state index is 12.1.